The molecule has 304 valence electrons. The van der Waals surface area contributed by atoms with E-state index in [1.807, 2.05) is 0 Å². The second kappa shape index (κ2) is 11.9. The second-order valence-electron chi connectivity index (χ2n) is 16.8. The maximum atomic E-state index is 14.2. The van der Waals surface area contributed by atoms with Crippen LogP contribution in [0.5, 0.6) is 0 Å². The molecule has 0 amide bonds. The molecule has 3 N–H and O–H groups in total. The Balaban J connectivity index is 1.35. The van der Waals surface area contributed by atoms with Crippen molar-refractivity contribution in [3.05, 3.63) is 11.6 Å². The van der Waals surface area contributed by atoms with Crippen LogP contribution >= 0.6 is 0 Å². The molecular formula is C37H48O18. The topological polar surface area (TPSA) is 242 Å². The van der Waals surface area contributed by atoms with E-state index in [4.69, 9.17) is 47.4 Å². The Morgan fingerprint density at radius 1 is 0.855 bits per heavy atom. The SMILES string of the molecule is C/C=C(\C)C(=O)O[C@H]1C[C@@H](OC(C)=O)[C@@]2(C(=O)OC)CO[C@H]3[C@@H](O)[C@@](C)([C@]45O[C@@]4(C)[C@H]4C[C@@H]5O[C@@H]5O[C@@H](OC(C)=O)C[C@@]54O)[C@H]4[C@]1(CO[C@]4(O)C(=O)OC)[C@@H]32. The van der Waals surface area contributed by atoms with E-state index in [1.165, 1.54) is 19.9 Å². The zero-order valence-electron chi connectivity index (χ0n) is 31.9. The molecule has 0 unspecified atom stereocenters. The maximum Gasteiger partial charge on any atom is 0.366 e. The van der Waals surface area contributed by atoms with Crippen molar-refractivity contribution in [1.82, 2.24) is 0 Å². The van der Waals surface area contributed by atoms with Crippen molar-refractivity contribution in [3.8, 4) is 0 Å². The summed E-state index contributed by atoms with van der Waals surface area (Å²) in [4.78, 5) is 66.5. The van der Waals surface area contributed by atoms with E-state index in [-0.39, 0.29) is 24.8 Å². The number of aliphatic hydroxyl groups excluding tert-OH is 1. The summed E-state index contributed by atoms with van der Waals surface area (Å²) < 4.78 is 59.7. The van der Waals surface area contributed by atoms with E-state index in [2.05, 4.69) is 0 Å². The van der Waals surface area contributed by atoms with Gasteiger partial charge in [0.2, 0.25) is 6.29 Å². The highest BCUT2D eigenvalue weighted by atomic mass is 16.8. The van der Waals surface area contributed by atoms with Crippen molar-refractivity contribution in [2.24, 2.45) is 34.0 Å². The van der Waals surface area contributed by atoms with E-state index in [9.17, 15) is 39.3 Å². The number of rotatable bonds is 7. The van der Waals surface area contributed by atoms with Crippen LogP contribution in [0.2, 0.25) is 0 Å². The number of carbonyl (C=O) groups is 5. The van der Waals surface area contributed by atoms with Gasteiger partial charge in [0.15, 0.2) is 6.29 Å². The number of hydrogen-bond donors (Lipinski definition) is 3. The first-order chi connectivity index (χ1) is 25.7. The molecule has 3 saturated carbocycles. The number of hydrogen-bond acceptors (Lipinski definition) is 18. The average molecular weight is 781 g/mol. The molecule has 8 aliphatic rings. The standard InChI is InChI=1S/C37H48O18/c1-9-15(2)26(41)52-19-11-20(50-16(3)38)34(28(42)46-7)13-48-23-24(34)33(19)14-49-36(45,29(43)47-8)27(33)31(5,25(23)40)37-21-10-18(32(37,6)55-37)35(44)12-22(51-17(4)39)54-30(35)53-21/h9,18-25,27,30,40,44-45H,10-14H2,1-8H3/b15-9+/t18-,19+,20-,21+,22-,23-,24-,25-,27+,30-,31-,32+,33+,34+,35+,36+,37+/m1/s1. The van der Waals surface area contributed by atoms with Gasteiger partial charge in [0, 0.05) is 60.8 Å². The largest absolute Gasteiger partial charge is 0.468 e. The fourth-order valence-corrected chi connectivity index (χ4v) is 12.8. The molecule has 18 nitrogen and oxygen atoms in total. The third-order valence-corrected chi connectivity index (χ3v) is 14.7. The van der Waals surface area contributed by atoms with Gasteiger partial charge in [-0.05, 0) is 27.2 Å². The average Bonchev–Trinajstić information content (AvgIpc) is 3.45. The molecule has 17 atom stereocenters. The number of fused-ring (bicyclic) bond motifs is 7. The molecule has 8 fully saturated rings. The van der Waals surface area contributed by atoms with Gasteiger partial charge in [-0.2, -0.15) is 0 Å². The molecule has 8 rings (SSSR count). The summed E-state index contributed by atoms with van der Waals surface area (Å²) in [5, 5.41) is 38.0. The summed E-state index contributed by atoms with van der Waals surface area (Å²) in [6.07, 6.45) is -7.89. The van der Waals surface area contributed by atoms with Crippen molar-refractivity contribution in [2.45, 2.75) is 126 Å². The molecule has 18 heteroatoms. The van der Waals surface area contributed by atoms with Gasteiger partial charge < -0.3 is 62.7 Å². The van der Waals surface area contributed by atoms with E-state index >= 15 is 0 Å². The quantitative estimate of drug-likeness (QED) is 0.128. The summed E-state index contributed by atoms with van der Waals surface area (Å²) >= 11 is 0. The van der Waals surface area contributed by atoms with Crippen LogP contribution in [0.1, 0.15) is 60.8 Å². The fraction of sp³-hybridized carbons (Fsp3) is 0.811. The predicted molar refractivity (Wildman–Crippen MR) is 175 cm³/mol. The van der Waals surface area contributed by atoms with Gasteiger partial charge in [-0.1, -0.05) is 13.0 Å². The van der Waals surface area contributed by atoms with Crippen LogP contribution in [0.4, 0.5) is 0 Å². The smallest absolute Gasteiger partial charge is 0.366 e. The Labute approximate surface area is 315 Å². The third-order valence-electron chi connectivity index (χ3n) is 14.7. The Morgan fingerprint density at radius 3 is 2.15 bits per heavy atom. The van der Waals surface area contributed by atoms with Crippen LogP contribution < -0.4 is 0 Å². The molecule has 0 radical (unpaired) electrons. The van der Waals surface area contributed by atoms with Crippen LogP contribution in [0.25, 0.3) is 0 Å². The molecule has 2 bridgehead atoms. The van der Waals surface area contributed by atoms with Gasteiger partial charge in [0.05, 0.1) is 45.7 Å². The molecule has 55 heavy (non-hydrogen) atoms. The summed E-state index contributed by atoms with van der Waals surface area (Å²) in [5.74, 6) is -10.8. The molecule has 0 aromatic heterocycles. The lowest BCUT2D eigenvalue weighted by molar-refractivity contribution is -0.321. The Hall–Kier alpha value is -3.23. The minimum absolute atomic E-state index is 0.152. The minimum Gasteiger partial charge on any atom is -0.468 e. The lowest BCUT2D eigenvalue weighted by Gasteiger charge is -2.65. The highest BCUT2D eigenvalue weighted by molar-refractivity contribution is 5.88. The zero-order chi connectivity index (χ0) is 40.1. The number of aliphatic hydroxyl groups is 3. The van der Waals surface area contributed by atoms with Crippen LogP contribution in [0.15, 0.2) is 11.6 Å². The number of esters is 5. The van der Waals surface area contributed by atoms with Crippen LogP contribution in [-0.4, -0.2) is 138 Å². The van der Waals surface area contributed by atoms with Crippen LogP contribution in [-0.2, 0) is 71.3 Å². The number of carbonyl (C=O) groups excluding carboxylic acids is 5. The number of ether oxygens (including phenoxy) is 10. The number of methoxy groups -OCH3 is 2. The van der Waals surface area contributed by atoms with Gasteiger partial charge in [-0.3, -0.25) is 14.4 Å². The molecule has 0 aromatic carbocycles. The zero-order valence-corrected chi connectivity index (χ0v) is 31.9. The van der Waals surface area contributed by atoms with Gasteiger partial charge in [-0.25, -0.2) is 9.59 Å². The lowest BCUT2D eigenvalue weighted by Crippen LogP contribution is -2.79. The molecule has 3 aliphatic carbocycles. The molecule has 5 aliphatic heterocycles. The van der Waals surface area contributed by atoms with Crippen molar-refractivity contribution >= 4 is 29.8 Å². The molecule has 5 heterocycles. The lowest BCUT2D eigenvalue weighted by atomic mass is 9.37. The third kappa shape index (κ3) is 4.34. The first-order valence-corrected chi connectivity index (χ1v) is 18.5. The first-order valence-electron chi connectivity index (χ1n) is 18.5. The Morgan fingerprint density at radius 2 is 1.53 bits per heavy atom. The van der Waals surface area contributed by atoms with Gasteiger partial charge in [-0.15, -0.1) is 0 Å². The van der Waals surface area contributed by atoms with E-state index in [0.717, 1.165) is 21.1 Å². The van der Waals surface area contributed by atoms with E-state index < -0.39 is 143 Å². The monoisotopic (exact) mass is 780 g/mol. The maximum absolute atomic E-state index is 14.2. The number of epoxide rings is 1. The predicted octanol–water partition coefficient (Wildman–Crippen LogP) is -0.437. The van der Waals surface area contributed by atoms with Crippen molar-refractivity contribution in [2.75, 3.05) is 27.4 Å². The second-order valence-corrected chi connectivity index (χ2v) is 16.8. The molecule has 0 aromatic rings. The normalized spacial score (nSPS) is 52.5. The van der Waals surface area contributed by atoms with E-state index in [1.54, 1.807) is 20.8 Å². The molecule has 1 spiro atoms. The highest BCUT2D eigenvalue weighted by Crippen LogP contribution is 2.83. The van der Waals surface area contributed by atoms with Gasteiger partial charge >= 0.3 is 29.8 Å². The highest BCUT2D eigenvalue weighted by Gasteiger charge is 2.97. The van der Waals surface area contributed by atoms with Crippen molar-refractivity contribution < 1.29 is 86.7 Å². The Kier molecular flexibility index (Phi) is 8.36. The van der Waals surface area contributed by atoms with Crippen molar-refractivity contribution in [3.63, 3.8) is 0 Å². The minimum atomic E-state index is -2.88. The van der Waals surface area contributed by atoms with Crippen molar-refractivity contribution in [1.29, 1.82) is 0 Å². The summed E-state index contributed by atoms with van der Waals surface area (Å²) in [5.41, 5.74) is -10.0. The van der Waals surface area contributed by atoms with Crippen LogP contribution in [0, 0.1) is 34.0 Å². The van der Waals surface area contributed by atoms with E-state index in [0.29, 0.717) is 0 Å². The Bertz CT molecular complexity index is 1770. The fourth-order valence-electron chi connectivity index (χ4n) is 12.8. The summed E-state index contributed by atoms with van der Waals surface area (Å²) in [6.45, 7) is 7.89. The van der Waals surface area contributed by atoms with Gasteiger partial charge in [0.1, 0.15) is 34.4 Å². The van der Waals surface area contributed by atoms with Gasteiger partial charge in [0.25, 0.3) is 5.79 Å². The summed E-state index contributed by atoms with van der Waals surface area (Å²) in [6, 6.07) is 0. The first kappa shape index (κ1) is 38.6. The summed E-state index contributed by atoms with van der Waals surface area (Å²) in [7, 11) is 2.19. The number of allylic oxidation sites excluding steroid dienone is 1. The molecular weight excluding hydrogens is 732 g/mol. The van der Waals surface area contributed by atoms with Crippen LogP contribution in [0.3, 0.4) is 0 Å². The molecule has 5 saturated heterocycles.